The van der Waals surface area contributed by atoms with Crippen LogP contribution in [0.1, 0.15) is 39.0 Å². The van der Waals surface area contributed by atoms with Crippen LogP contribution in [0.25, 0.3) is 0 Å². The average Bonchev–Trinajstić information content (AvgIpc) is 2.70. The predicted molar refractivity (Wildman–Crippen MR) is 113 cm³/mol. The zero-order chi connectivity index (χ0) is 19.9. The summed E-state index contributed by atoms with van der Waals surface area (Å²) in [5.74, 6) is 0.0708. The fourth-order valence-corrected chi connectivity index (χ4v) is 4.18. The molecule has 1 saturated carbocycles. The molecule has 1 aromatic carbocycles. The number of para-hydroxylation sites is 1. The van der Waals surface area contributed by atoms with Gasteiger partial charge in [0.15, 0.2) is 0 Å². The van der Waals surface area contributed by atoms with Crippen molar-refractivity contribution < 1.29 is 9.59 Å². The predicted octanol–water partition coefficient (Wildman–Crippen LogP) is 2.73. The SMILES string of the molecule is CC(C(=O)NC1CCCCC1)N1CCN(CC(=O)Nc2ccccc2Cl)CC1. The van der Waals surface area contributed by atoms with Crippen LogP contribution in [0.5, 0.6) is 0 Å². The third-order valence-electron chi connectivity index (χ3n) is 5.80. The van der Waals surface area contributed by atoms with Crippen LogP contribution in [-0.2, 0) is 9.59 Å². The Balaban J connectivity index is 1.40. The number of nitrogens with one attached hydrogen (secondary N) is 2. The van der Waals surface area contributed by atoms with E-state index in [0.29, 0.717) is 23.3 Å². The molecule has 154 valence electrons. The lowest BCUT2D eigenvalue weighted by Gasteiger charge is -2.37. The Morgan fingerprint density at radius 1 is 1.11 bits per heavy atom. The van der Waals surface area contributed by atoms with E-state index in [1.807, 2.05) is 19.1 Å². The van der Waals surface area contributed by atoms with Gasteiger partial charge in [-0.05, 0) is 31.9 Å². The normalized spacial score (nSPS) is 20.5. The summed E-state index contributed by atoms with van der Waals surface area (Å²) in [6.45, 7) is 5.45. The molecule has 0 radical (unpaired) electrons. The Morgan fingerprint density at radius 2 is 1.79 bits per heavy atom. The Labute approximate surface area is 172 Å². The highest BCUT2D eigenvalue weighted by atomic mass is 35.5. The van der Waals surface area contributed by atoms with Crippen LogP contribution < -0.4 is 10.6 Å². The number of carbonyl (C=O) groups is 2. The van der Waals surface area contributed by atoms with E-state index >= 15 is 0 Å². The van der Waals surface area contributed by atoms with E-state index in [-0.39, 0.29) is 17.9 Å². The molecule has 0 spiro atoms. The van der Waals surface area contributed by atoms with Gasteiger partial charge in [-0.1, -0.05) is 43.0 Å². The number of carbonyl (C=O) groups excluding carboxylic acids is 2. The summed E-state index contributed by atoms with van der Waals surface area (Å²) in [6.07, 6.45) is 5.93. The van der Waals surface area contributed by atoms with Gasteiger partial charge in [0.05, 0.1) is 23.3 Å². The summed E-state index contributed by atoms with van der Waals surface area (Å²) in [7, 11) is 0. The first-order chi connectivity index (χ1) is 13.5. The highest BCUT2D eigenvalue weighted by molar-refractivity contribution is 6.33. The van der Waals surface area contributed by atoms with E-state index in [1.165, 1.54) is 19.3 Å². The second-order valence-electron chi connectivity index (χ2n) is 7.86. The molecule has 1 aromatic rings. The summed E-state index contributed by atoms with van der Waals surface area (Å²) in [6, 6.07) is 7.46. The number of hydrogen-bond donors (Lipinski definition) is 2. The molecule has 2 aliphatic rings. The number of nitrogens with zero attached hydrogens (tertiary/aromatic N) is 2. The molecule has 1 aliphatic carbocycles. The minimum atomic E-state index is -0.124. The van der Waals surface area contributed by atoms with Crippen LogP contribution in [0, 0.1) is 0 Å². The van der Waals surface area contributed by atoms with Crippen molar-refractivity contribution in [2.45, 2.75) is 51.1 Å². The molecule has 2 fully saturated rings. The van der Waals surface area contributed by atoms with Crippen molar-refractivity contribution in [3.63, 3.8) is 0 Å². The van der Waals surface area contributed by atoms with Gasteiger partial charge in [-0.2, -0.15) is 0 Å². The van der Waals surface area contributed by atoms with E-state index in [0.717, 1.165) is 39.0 Å². The van der Waals surface area contributed by atoms with Crippen molar-refractivity contribution in [2.75, 3.05) is 38.0 Å². The van der Waals surface area contributed by atoms with Gasteiger partial charge in [-0.15, -0.1) is 0 Å². The number of piperazine rings is 1. The minimum Gasteiger partial charge on any atom is -0.352 e. The van der Waals surface area contributed by atoms with Gasteiger partial charge in [0.1, 0.15) is 0 Å². The van der Waals surface area contributed by atoms with Crippen LogP contribution in [0.15, 0.2) is 24.3 Å². The second-order valence-corrected chi connectivity index (χ2v) is 8.27. The van der Waals surface area contributed by atoms with Crippen LogP contribution in [0.2, 0.25) is 5.02 Å². The summed E-state index contributed by atoms with van der Waals surface area (Å²) < 4.78 is 0. The van der Waals surface area contributed by atoms with Gasteiger partial charge >= 0.3 is 0 Å². The quantitative estimate of drug-likeness (QED) is 0.762. The van der Waals surface area contributed by atoms with Crippen LogP contribution in [-0.4, -0.2) is 66.4 Å². The molecule has 0 aromatic heterocycles. The first kappa shape index (κ1) is 21.1. The number of rotatable bonds is 6. The van der Waals surface area contributed by atoms with Crippen molar-refractivity contribution in [1.29, 1.82) is 0 Å². The highest BCUT2D eigenvalue weighted by Gasteiger charge is 2.27. The summed E-state index contributed by atoms with van der Waals surface area (Å²) in [4.78, 5) is 29.2. The molecule has 2 amide bonds. The molecular weight excluding hydrogens is 376 g/mol. The smallest absolute Gasteiger partial charge is 0.238 e. The zero-order valence-corrected chi connectivity index (χ0v) is 17.4. The molecule has 1 heterocycles. The molecular formula is C21H31ClN4O2. The van der Waals surface area contributed by atoms with E-state index < -0.39 is 0 Å². The molecule has 0 bridgehead atoms. The summed E-state index contributed by atoms with van der Waals surface area (Å²) >= 11 is 6.09. The molecule has 1 unspecified atom stereocenters. The third kappa shape index (κ3) is 5.93. The Kier molecular flexibility index (Phi) is 7.71. The van der Waals surface area contributed by atoms with Gasteiger partial charge in [-0.25, -0.2) is 0 Å². The standard InChI is InChI=1S/C21H31ClN4O2/c1-16(21(28)23-17-7-3-2-4-8-17)26-13-11-25(12-14-26)15-20(27)24-19-10-6-5-9-18(19)22/h5-6,9-10,16-17H,2-4,7-8,11-15H2,1H3,(H,23,28)(H,24,27). The molecule has 1 saturated heterocycles. The first-order valence-electron chi connectivity index (χ1n) is 10.3. The van der Waals surface area contributed by atoms with Gasteiger partial charge in [-0.3, -0.25) is 19.4 Å². The van der Waals surface area contributed by atoms with Gasteiger partial charge in [0, 0.05) is 32.2 Å². The maximum Gasteiger partial charge on any atom is 0.238 e. The first-order valence-corrected chi connectivity index (χ1v) is 10.7. The average molecular weight is 407 g/mol. The molecule has 1 aliphatic heterocycles. The molecule has 6 nitrogen and oxygen atoms in total. The monoisotopic (exact) mass is 406 g/mol. The maximum absolute atomic E-state index is 12.6. The Morgan fingerprint density at radius 3 is 2.46 bits per heavy atom. The van der Waals surface area contributed by atoms with Crippen LogP contribution in [0.4, 0.5) is 5.69 Å². The molecule has 7 heteroatoms. The lowest BCUT2D eigenvalue weighted by molar-refractivity contribution is -0.128. The number of amides is 2. The van der Waals surface area contributed by atoms with Crippen molar-refractivity contribution in [2.24, 2.45) is 0 Å². The van der Waals surface area contributed by atoms with E-state index in [2.05, 4.69) is 20.4 Å². The van der Waals surface area contributed by atoms with Crippen LogP contribution in [0.3, 0.4) is 0 Å². The molecule has 28 heavy (non-hydrogen) atoms. The number of hydrogen-bond acceptors (Lipinski definition) is 4. The highest BCUT2D eigenvalue weighted by Crippen LogP contribution is 2.20. The fourth-order valence-electron chi connectivity index (χ4n) is 4.00. The fraction of sp³-hybridized carbons (Fsp3) is 0.619. The van der Waals surface area contributed by atoms with Gasteiger partial charge in [0.2, 0.25) is 11.8 Å². The van der Waals surface area contributed by atoms with E-state index in [9.17, 15) is 9.59 Å². The lowest BCUT2D eigenvalue weighted by atomic mass is 9.95. The van der Waals surface area contributed by atoms with Crippen molar-refractivity contribution in [3.05, 3.63) is 29.3 Å². The maximum atomic E-state index is 12.6. The number of benzene rings is 1. The van der Waals surface area contributed by atoms with Gasteiger partial charge in [0.25, 0.3) is 0 Å². The summed E-state index contributed by atoms with van der Waals surface area (Å²) in [5, 5.41) is 6.63. The molecule has 1 atom stereocenters. The van der Waals surface area contributed by atoms with Crippen molar-refractivity contribution in [1.82, 2.24) is 15.1 Å². The lowest BCUT2D eigenvalue weighted by Crippen LogP contribution is -2.55. The number of halogens is 1. The topological polar surface area (TPSA) is 64.7 Å². The van der Waals surface area contributed by atoms with Crippen molar-refractivity contribution in [3.8, 4) is 0 Å². The van der Waals surface area contributed by atoms with E-state index in [1.54, 1.807) is 12.1 Å². The minimum absolute atomic E-state index is 0.0651. The number of anilines is 1. The van der Waals surface area contributed by atoms with Gasteiger partial charge < -0.3 is 10.6 Å². The van der Waals surface area contributed by atoms with E-state index in [4.69, 9.17) is 11.6 Å². The molecule has 2 N–H and O–H groups in total. The Hall–Kier alpha value is -1.63. The van der Waals surface area contributed by atoms with Crippen LogP contribution >= 0.6 is 11.6 Å². The summed E-state index contributed by atoms with van der Waals surface area (Å²) in [5.41, 5.74) is 0.640. The molecule has 3 rings (SSSR count). The largest absolute Gasteiger partial charge is 0.352 e. The van der Waals surface area contributed by atoms with Crippen molar-refractivity contribution >= 4 is 29.1 Å². The third-order valence-corrected chi connectivity index (χ3v) is 6.13. The second kappa shape index (κ2) is 10.2. The Bertz CT molecular complexity index is 670. The zero-order valence-electron chi connectivity index (χ0n) is 16.6.